The molecule has 2 aromatic rings. The van der Waals surface area contributed by atoms with Crippen molar-refractivity contribution in [3.8, 4) is 5.75 Å². The predicted molar refractivity (Wildman–Crippen MR) is 137 cm³/mol. The van der Waals surface area contributed by atoms with Crippen LogP contribution in [-0.4, -0.2) is 49.4 Å². The first-order chi connectivity index (χ1) is 17.7. The number of carbonyl (C=O) groups excluding carboxylic acids is 3. The monoisotopic (exact) mass is 517 g/mol. The Morgan fingerprint density at radius 2 is 1.51 bits per heavy atom. The van der Waals surface area contributed by atoms with Crippen LogP contribution in [0.5, 0.6) is 5.75 Å². The minimum atomic E-state index is -0.723. The first-order valence-electron chi connectivity index (χ1n) is 12.4. The molecule has 0 saturated heterocycles. The van der Waals surface area contributed by atoms with E-state index in [1.165, 1.54) is 32.4 Å². The molecule has 0 spiro atoms. The van der Waals surface area contributed by atoms with Crippen LogP contribution in [-0.2, 0) is 23.8 Å². The molecule has 37 heavy (non-hydrogen) atoms. The zero-order valence-corrected chi connectivity index (χ0v) is 22.0. The normalized spacial score (nSPS) is 12.5. The predicted octanol–water partition coefficient (Wildman–Crippen LogP) is 3.55. The quantitative estimate of drug-likeness (QED) is 0.289. The van der Waals surface area contributed by atoms with E-state index in [-0.39, 0.29) is 41.8 Å². The summed E-state index contributed by atoms with van der Waals surface area (Å²) in [6, 6.07) is 4.60. The molecule has 0 aliphatic heterocycles. The van der Waals surface area contributed by atoms with Crippen molar-refractivity contribution in [2.75, 3.05) is 20.8 Å². The van der Waals surface area contributed by atoms with Gasteiger partial charge in [0, 0.05) is 17.5 Å². The van der Waals surface area contributed by atoms with E-state index in [0.29, 0.717) is 25.7 Å². The summed E-state index contributed by atoms with van der Waals surface area (Å²) in [6.45, 7) is 5.57. The molecule has 10 heteroatoms. The van der Waals surface area contributed by atoms with Crippen LogP contribution in [0, 0.1) is 0 Å². The van der Waals surface area contributed by atoms with Gasteiger partial charge in [-0.25, -0.2) is 4.79 Å². The lowest BCUT2D eigenvalue weighted by Gasteiger charge is -2.24. The molecule has 0 radical (unpaired) electrons. The van der Waals surface area contributed by atoms with Gasteiger partial charge in [-0.05, 0) is 38.0 Å². The molecule has 2 atom stereocenters. The minimum absolute atomic E-state index is 0.0302. The third-order valence-electron chi connectivity index (χ3n) is 5.87. The van der Waals surface area contributed by atoms with Crippen molar-refractivity contribution in [1.82, 2.24) is 4.57 Å². The van der Waals surface area contributed by atoms with Crippen LogP contribution in [0.25, 0.3) is 10.9 Å². The van der Waals surface area contributed by atoms with Gasteiger partial charge in [0.15, 0.2) is 11.2 Å². The zero-order chi connectivity index (χ0) is 27.5. The highest BCUT2D eigenvalue weighted by atomic mass is 16.5. The number of hydrogen-bond donors (Lipinski definition) is 0. The van der Waals surface area contributed by atoms with E-state index >= 15 is 0 Å². The third-order valence-corrected chi connectivity index (χ3v) is 5.87. The number of rotatable bonds is 13. The average molecular weight is 518 g/mol. The molecule has 0 amide bonds. The van der Waals surface area contributed by atoms with E-state index in [9.17, 15) is 24.0 Å². The Balaban J connectivity index is 2.82. The SMILES string of the molecule is CCCC(CC(=O)OC)Oc1cc2c(=O)cc(C(=O)OCC)n(C(CCC)CC(=O)OC)c2ccc1=O. The Labute approximate surface area is 215 Å². The summed E-state index contributed by atoms with van der Waals surface area (Å²) in [6.07, 6.45) is 1.59. The molecule has 10 nitrogen and oxygen atoms in total. The number of aromatic nitrogens is 1. The van der Waals surface area contributed by atoms with Gasteiger partial charge in [0.1, 0.15) is 11.8 Å². The Bertz CT molecular complexity index is 1230. The van der Waals surface area contributed by atoms with Crippen molar-refractivity contribution < 1.29 is 33.3 Å². The molecule has 1 aromatic heterocycles. The van der Waals surface area contributed by atoms with Crippen LogP contribution in [0.15, 0.2) is 33.9 Å². The second kappa shape index (κ2) is 14.2. The van der Waals surface area contributed by atoms with Gasteiger partial charge in [-0.2, -0.15) is 0 Å². The van der Waals surface area contributed by atoms with Gasteiger partial charge in [-0.15, -0.1) is 0 Å². The lowest BCUT2D eigenvalue weighted by Crippen LogP contribution is -2.25. The topological polar surface area (TPSA) is 127 Å². The van der Waals surface area contributed by atoms with Gasteiger partial charge >= 0.3 is 17.9 Å². The summed E-state index contributed by atoms with van der Waals surface area (Å²) in [5, 5.41) is 0.115. The first kappa shape index (κ1) is 29.5. The number of esters is 3. The standard InChI is InChI=1S/C27H35NO9/c1-6-9-17(13-25(31)34-4)28-20-11-12-22(29)24(37-18(10-7-2)14-26(32)35-5)15-19(20)23(30)16-21(28)27(33)36-8-3/h11-12,15-18H,6-10,13-14H2,1-5H3. The van der Waals surface area contributed by atoms with E-state index in [1.807, 2.05) is 13.8 Å². The zero-order valence-electron chi connectivity index (χ0n) is 22.0. The van der Waals surface area contributed by atoms with Gasteiger partial charge < -0.3 is 23.5 Å². The molecule has 2 rings (SSSR count). The lowest BCUT2D eigenvalue weighted by atomic mass is 10.1. The first-order valence-corrected chi connectivity index (χ1v) is 12.4. The fourth-order valence-electron chi connectivity index (χ4n) is 4.16. The van der Waals surface area contributed by atoms with Gasteiger partial charge in [-0.3, -0.25) is 19.2 Å². The van der Waals surface area contributed by atoms with Crippen LogP contribution in [0.4, 0.5) is 0 Å². The Morgan fingerprint density at radius 3 is 2.11 bits per heavy atom. The van der Waals surface area contributed by atoms with Gasteiger partial charge in [-0.1, -0.05) is 26.7 Å². The maximum absolute atomic E-state index is 13.2. The Morgan fingerprint density at radius 1 is 0.865 bits per heavy atom. The highest BCUT2D eigenvalue weighted by Crippen LogP contribution is 2.27. The Kier molecular flexibility index (Phi) is 11.3. The summed E-state index contributed by atoms with van der Waals surface area (Å²) in [5.41, 5.74) is -0.795. The molecule has 0 bridgehead atoms. The molecule has 1 heterocycles. The van der Waals surface area contributed by atoms with Gasteiger partial charge in [0.05, 0.1) is 39.2 Å². The van der Waals surface area contributed by atoms with E-state index in [4.69, 9.17) is 18.9 Å². The largest absolute Gasteiger partial charge is 0.486 e. The van der Waals surface area contributed by atoms with Crippen molar-refractivity contribution in [2.24, 2.45) is 0 Å². The van der Waals surface area contributed by atoms with E-state index in [1.54, 1.807) is 11.5 Å². The van der Waals surface area contributed by atoms with Crippen LogP contribution in [0.3, 0.4) is 0 Å². The summed E-state index contributed by atoms with van der Waals surface area (Å²) in [5.74, 6) is -1.80. The highest BCUT2D eigenvalue weighted by Gasteiger charge is 2.25. The molecule has 0 N–H and O–H groups in total. The highest BCUT2D eigenvalue weighted by molar-refractivity contribution is 5.92. The lowest BCUT2D eigenvalue weighted by molar-refractivity contribution is -0.143. The van der Waals surface area contributed by atoms with Crippen LogP contribution in [0.2, 0.25) is 0 Å². The molecule has 202 valence electrons. The number of ether oxygens (including phenoxy) is 4. The average Bonchev–Trinajstić information content (AvgIpc) is 3.03. The van der Waals surface area contributed by atoms with E-state index in [2.05, 4.69) is 0 Å². The van der Waals surface area contributed by atoms with E-state index < -0.39 is 40.9 Å². The van der Waals surface area contributed by atoms with Crippen molar-refractivity contribution in [3.63, 3.8) is 0 Å². The summed E-state index contributed by atoms with van der Waals surface area (Å²) < 4.78 is 22.2. The molecule has 0 aliphatic rings. The van der Waals surface area contributed by atoms with Crippen LogP contribution in [0.1, 0.15) is 75.8 Å². The number of carbonyl (C=O) groups is 3. The second-order valence-electron chi connectivity index (χ2n) is 8.52. The van der Waals surface area contributed by atoms with Crippen molar-refractivity contribution in [1.29, 1.82) is 0 Å². The summed E-state index contributed by atoms with van der Waals surface area (Å²) in [4.78, 5) is 63.1. The molecular formula is C27H35NO9. The second-order valence-corrected chi connectivity index (χ2v) is 8.52. The van der Waals surface area contributed by atoms with Crippen LogP contribution < -0.4 is 15.6 Å². The minimum Gasteiger partial charge on any atom is -0.486 e. The summed E-state index contributed by atoms with van der Waals surface area (Å²) in [7, 11) is 2.54. The van der Waals surface area contributed by atoms with Gasteiger partial charge in [0.2, 0.25) is 5.43 Å². The van der Waals surface area contributed by atoms with E-state index in [0.717, 1.165) is 6.07 Å². The van der Waals surface area contributed by atoms with Crippen molar-refractivity contribution in [2.45, 2.75) is 71.4 Å². The molecule has 0 aliphatic carbocycles. The number of fused-ring (bicyclic) bond motifs is 1. The number of hydrogen-bond acceptors (Lipinski definition) is 9. The maximum Gasteiger partial charge on any atom is 0.355 e. The molecular weight excluding hydrogens is 482 g/mol. The Hall–Kier alpha value is -3.69. The van der Waals surface area contributed by atoms with Crippen LogP contribution >= 0.6 is 0 Å². The van der Waals surface area contributed by atoms with Gasteiger partial charge in [0.25, 0.3) is 0 Å². The van der Waals surface area contributed by atoms with Crippen molar-refractivity contribution in [3.05, 3.63) is 50.4 Å². The molecule has 0 saturated carbocycles. The number of methoxy groups -OCH3 is 2. The molecule has 1 aromatic carbocycles. The summed E-state index contributed by atoms with van der Waals surface area (Å²) >= 11 is 0. The third kappa shape index (κ3) is 7.65. The van der Waals surface area contributed by atoms with Crippen molar-refractivity contribution >= 4 is 28.8 Å². The smallest absolute Gasteiger partial charge is 0.355 e. The fraction of sp³-hybridized carbons (Fsp3) is 0.519. The fourth-order valence-corrected chi connectivity index (χ4v) is 4.16. The number of nitrogens with zero attached hydrogens (tertiary/aromatic N) is 1. The molecule has 0 fully saturated rings. The number of pyridine rings is 1. The maximum atomic E-state index is 13.2. The molecule has 2 unspecified atom stereocenters.